The molecule has 1 rings (SSSR count). The van der Waals surface area contributed by atoms with E-state index in [1.54, 1.807) is 7.11 Å². The molecular formula is C11H15NO3S. The van der Waals surface area contributed by atoms with Gasteiger partial charge >= 0.3 is 5.97 Å². The molecule has 0 spiro atoms. The van der Waals surface area contributed by atoms with Gasteiger partial charge in [0.2, 0.25) is 0 Å². The molecule has 1 aromatic carbocycles. The highest BCUT2D eigenvalue weighted by atomic mass is 32.2. The van der Waals surface area contributed by atoms with E-state index in [1.165, 1.54) is 18.9 Å². The lowest BCUT2D eigenvalue weighted by molar-refractivity contribution is -0.141. The number of ether oxygens (including phenoxy) is 2. The largest absolute Gasteiger partial charge is 0.497 e. The minimum absolute atomic E-state index is 0.393. The summed E-state index contributed by atoms with van der Waals surface area (Å²) in [6.07, 6.45) is 0. The van der Waals surface area contributed by atoms with Crippen molar-refractivity contribution in [3.63, 3.8) is 0 Å². The summed E-state index contributed by atoms with van der Waals surface area (Å²) in [4.78, 5) is 12.1. The molecule has 5 heteroatoms. The van der Waals surface area contributed by atoms with Crippen LogP contribution in [0.5, 0.6) is 5.75 Å². The van der Waals surface area contributed by atoms with E-state index in [-0.39, 0.29) is 0 Å². The van der Waals surface area contributed by atoms with Crippen LogP contribution in [0.2, 0.25) is 0 Å². The molecule has 0 aliphatic rings. The van der Waals surface area contributed by atoms with Crippen LogP contribution in [0.1, 0.15) is 0 Å². The third-order valence-electron chi connectivity index (χ3n) is 1.97. The van der Waals surface area contributed by atoms with Gasteiger partial charge in [0.15, 0.2) is 0 Å². The number of nitrogens with two attached hydrogens (primary N) is 1. The maximum atomic E-state index is 11.1. The highest BCUT2D eigenvalue weighted by Gasteiger charge is 2.13. The summed E-state index contributed by atoms with van der Waals surface area (Å²) in [5, 5.41) is 0. The number of hydrogen-bond acceptors (Lipinski definition) is 5. The number of thioether (sulfide) groups is 1. The van der Waals surface area contributed by atoms with E-state index in [2.05, 4.69) is 4.74 Å². The molecule has 4 nitrogen and oxygen atoms in total. The monoisotopic (exact) mass is 241 g/mol. The van der Waals surface area contributed by atoms with Crippen LogP contribution in [0.4, 0.5) is 0 Å². The summed E-state index contributed by atoms with van der Waals surface area (Å²) in [7, 11) is 2.95. The first kappa shape index (κ1) is 12.9. The summed E-state index contributed by atoms with van der Waals surface area (Å²) in [5.41, 5.74) is 5.62. The van der Waals surface area contributed by atoms with Crippen LogP contribution in [-0.4, -0.2) is 32.0 Å². The Labute approximate surface area is 99.1 Å². The second kappa shape index (κ2) is 6.40. The molecule has 16 heavy (non-hydrogen) atoms. The first-order valence-corrected chi connectivity index (χ1v) is 5.76. The molecule has 2 N–H and O–H groups in total. The van der Waals surface area contributed by atoms with Crippen LogP contribution in [0.25, 0.3) is 0 Å². The van der Waals surface area contributed by atoms with Crippen LogP contribution < -0.4 is 10.5 Å². The van der Waals surface area contributed by atoms with Crippen LogP contribution in [0.3, 0.4) is 0 Å². The molecule has 0 aliphatic heterocycles. The van der Waals surface area contributed by atoms with Crippen molar-refractivity contribution in [3.05, 3.63) is 24.3 Å². The van der Waals surface area contributed by atoms with Gasteiger partial charge in [-0.15, -0.1) is 11.8 Å². The Kier molecular flexibility index (Phi) is 5.14. The average Bonchev–Trinajstić information content (AvgIpc) is 2.35. The Balaban J connectivity index is 2.51. The van der Waals surface area contributed by atoms with E-state index >= 15 is 0 Å². The average molecular weight is 241 g/mol. The smallest absolute Gasteiger partial charge is 0.323 e. The molecule has 0 aliphatic carbocycles. The predicted molar refractivity (Wildman–Crippen MR) is 63.7 cm³/mol. The van der Waals surface area contributed by atoms with Gasteiger partial charge in [-0.3, -0.25) is 4.79 Å². The summed E-state index contributed by atoms with van der Waals surface area (Å²) in [6, 6.07) is 7.00. The van der Waals surface area contributed by atoms with E-state index in [1.807, 2.05) is 24.3 Å². The second-order valence-corrected chi connectivity index (χ2v) is 4.21. The van der Waals surface area contributed by atoms with Crippen molar-refractivity contribution in [2.24, 2.45) is 5.73 Å². The standard InChI is InChI=1S/C11H15NO3S/c1-14-8-4-3-5-9(6-8)16-7-10(12)11(13)15-2/h3-6,10H,7,12H2,1-2H3. The van der Waals surface area contributed by atoms with Crippen LogP contribution >= 0.6 is 11.8 Å². The number of methoxy groups -OCH3 is 2. The van der Waals surface area contributed by atoms with E-state index in [4.69, 9.17) is 10.5 Å². The van der Waals surface area contributed by atoms with E-state index < -0.39 is 12.0 Å². The quantitative estimate of drug-likeness (QED) is 0.621. The number of carbonyl (C=O) groups excluding carboxylic acids is 1. The summed E-state index contributed by atoms with van der Waals surface area (Å²) in [5.74, 6) is 0.881. The minimum Gasteiger partial charge on any atom is -0.497 e. The highest BCUT2D eigenvalue weighted by Crippen LogP contribution is 2.23. The van der Waals surface area contributed by atoms with Gasteiger partial charge in [0.05, 0.1) is 14.2 Å². The maximum Gasteiger partial charge on any atom is 0.323 e. The third-order valence-corrected chi connectivity index (χ3v) is 3.09. The SMILES string of the molecule is COC(=O)C(N)CSc1cccc(OC)c1. The van der Waals surface area contributed by atoms with Gasteiger partial charge in [0.25, 0.3) is 0 Å². The van der Waals surface area contributed by atoms with Gasteiger partial charge in [-0.2, -0.15) is 0 Å². The normalized spacial score (nSPS) is 11.9. The first-order chi connectivity index (χ1) is 7.67. The molecule has 0 radical (unpaired) electrons. The van der Waals surface area contributed by atoms with Crippen molar-refractivity contribution in [1.29, 1.82) is 0 Å². The summed E-state index contributed by atoms with van der Waals surface area (Å²) in [6.45, 7) is 0. The van der Waals surface area contributed by atoms with Gasteiger partial charge < -0.3 is 15.2 Å². The Bertz CT molecular complexity index is 357. The van der Waals surface area contributed by atoms with Crippen molar-refractivity contribution in [2.75, 3.05) is 20.0 Å². The van der Waals surface area contributed by atoms with Crippen molar-refractivity contribution in [2.45, 2.75) is 10.9 Å². The minimum atomic E-state index is -0.596. The zero-order valence-electron chi connectivity index (χ0n) is 9.30. The van der Waals surface area contributed by atoms with Crippen molar-refractivity contribution >= 4 is 17.7 Å². The zero-order chi connectivity index (χ0) is 12.0. The number of carbonyl (C=O) groups is 1. The lowest BCUT2D eigenvalue weighted by Crippen LogP contribution is -2.33. The Hall–Kier alpha value is -1.20. The van der Waals surface area contributed by atoms with Crippen LogP contribution in [-0.2, 0) is 9.53 Å². The molecule has 0 saturated carbocycles. The van der Waals surface area contributed by atoms with E-state index in [0.29, 0.717) is 5.75 Å². The lowest BCUT2D eigenvalue weighted by Gasteiger charge is -2.09. The van der Waals surface area contributed by atoms with Crippen molar-refractivity contribution < 1.29 is 14.3 Å². The highest BCUT2D eigenvalue weighted by molar-refractivity contribution is 7.99. The zero-order valence-corrected chi connectivity index (χ0v) is 10.1. The molecule has 0 heterocycles. The predicted octanol–water partition coefficient (Wildman–Crippen LogP) is 1.29. The van der Waals surface area contributed by atoms with Gasteiger partial charge in [0.1, 0.15) is 11.8 Å². The molecule has 0 fully saturated rings. The molecule has 0 bridgehead atoms. The maximum absolute atomic E-state index is 11.1. The first-order valence-electron chi connectivity index (χ1n) is 4.77. The molecule has 0 saturated heterocycles. The number of esters is 1. The second-order valence-electron chi connectivity index (χ2n) is 3.12. The molecule has 1 atom stereocenters. The summed E-state index contributed by atoms with van der Waals surface area (Å²) >= 11 is 1.50. The third kappa shape index (κ3) is 3.75. The van der Waals surface area contributed by atoms with E-state index in [9.17, 15) is 4.79 Å². The molecule has 0 aromatic heterocycles. The van der Waals surface area contributed by atoms with Gasteiger partial charge in [-0.05, 0) is 18.2 Å². The lowest BCUT2D eigenvalue weighted by atomic mass is 10.3. The Morgan fingerprint density at radius 2 is 2.25 bits per heavy atom. The Morgan fingerprint density at radius 1 is 1.50 bits per heavy atom. The topological polar surface area (TPSA) is 61.5 Å². The van der Waals surface area contributed by atoms with Crippen LogP contribution in [0, 0.1) is 0 Å². The number of benzene rings is 1. The molecular weight excluding hydrogens is 226 g/mol. The summed E-state index contributed by atoms with van der Waals surface area (Å²) < 4.78 is 9.64. The van der Waals surface area contributed by atoms with E-state index in [0.717, 1.165) is 10.6 Å². The van der Waals surface area contributed by atoms with Crippen molar-refractivity contribution in [3.8, 4) is 5.75 Å². The molecule has 88 valence electrons. The fourth-order valence-electron chi connectivity index (χ4n) is 1.10. The van der Waals surface area contributed by atoms with Crippen molar-refractivity contribution in [1.82, 2.24) is 0 Å². The fraction of sp³-hybridized carbons (Fsp3) is 0.364. The van der Waals surface area contributed by atoms with Gasteiger partial charge in [-0.1, -0.05) is 6.07 Å². The fourth-order valence-corrected chi connectivity index (χ4v) is 1.98. The molecule has 1 unspecified atom stereocenters. The van der Waals surface area contributed by atoms with Gasteiger partial charge in [-0.25, -0.2) is 0 Å². The molecule has 1 aromatic rings. The Morgan fingerprint density at radius 3 is 2.88 bits per heavy atom. The number of hydrogen-bond donors (Lipinski definition) is 1. The molecule has 0 amide bonds. The van der Waals surface area contributed by atoms with Gasteiger partial charge in [0, 0.05) is 10.6 Å². The van der Waals surface area contributed by atoms with Crippen LogP contribution in [0.15, 0.2) is 29.2 Å². The number of rotatable bonds is 5.